The van der Waals surface area contributed by atoms with Crippen molar-refractivity contribution in [2.45, 2.75) is 82.3 Å². The van der Waals surface area contributed by atoms with Crippen molar-refractivity contribution < 1.29 is 14.1 Å². The molecule has 3 heterocycles. The second-order valence-electron chi connectivity index (χ2n) is 9.27. The van der Waals surface area contributed by atoms with Crippen molar-refractivity contribution in [1.29, 1.82) is 0 Å². The zero-order valence-electron chi connectivity index (χ0n) is 18.2. The molecule has 0 radical (unpaired) electrons. The summed E-state index contributed by atoms with van der Waals surface area (Å²) in [5.41, 5.74) is 1.03. The summed E-state index contributed by atoms with van der Waals surface area (Å²) in [6, 6.07) is 2.00. The van der Waals surface area contributed by atoms with Crippen molar-refractivity contribution in [3.05, 3.63) is 22.5 Å². The standard InChI is InChI=1S/C23H29ClN4O3/c1-14(16-8-6-12-28(16)2)30-19-13-18(24)25-22(26-19)20-15-7-5-11-23(21(15)31-27-20)10-4-3-9-17(23)29/h13-14,16H,3-12H2,1-2H3/t14-,16-,23?/m0/s1. The first-order valence-corrected chi connectivity index (χ1v) is 11.8. The summed E-state index contributed by atoms with van der Waals surface area (Å²) in [4.78, 5) is 24.3. The van der Waals surface area contributed by atoms with Crippen LogP contribution in [-0.2, 0) is 16.6 Å². The molecular formula is C23H29ClN4O3. The van der Waals surface area contributed by atoms with E-state index in [9.17, 15) is 4.79 Å². The summed E-state index contributed by atoms with van der Waals surface area (Å²) in [5.74, 6) is 1.86. The van der Waals surface area contributed by atoms with E-state index in [-0.39, 0.29) is 11.9 Å². The average Bonchev–Trinajstić information content (AvgIpc) is 3.37. The van der Waals surface area contributed by atoms with Gasteiger partial charge in [-0.15, -0.1) is 0 Å². The molecule has 3 aliphatic rings. The molecule has 8 heteroatoms. The summed E-state index contributed by atoms with van der Waals surface area (Å²) in [5, 5.41) is 4.64. The highest BCUT2D eigenvalue weighted by Crippen LogP contribution is 2.47. The maximum atomic E-state index is 12.9. The molecule has 1 saturated carbocycles. The molecule has 7 nitrogen and oxygen atoms in total. The van der Waals surface area contributed by atoms with Crippen LogP contribution in [0.3, 0.4) is 0 Å². The van der Waals surface area contributed by atoms with E-state index in [1.54, 1.807) is 6.07 Å². The van der Waals surface area contributed by atoms with Gasteiger partial charge in [0.05, 0.1) is 5.41 Å². The second kappa shape index (κ2) is 8.17. The number of ether oxygens (including phenoxy) is 1. The number of hydrogen-bond acceptors (Lipinski definition) is 7. The van der Waals surface area contributed by atoms with Crippen molar-refractivity contribution >= 4 is 17.4 Å². The highest BCUT2D eigenvalue weighted by atomic mass is 35.5. The SMILES string of the molecule is C[C@H](Oc1cc(Cl)nc(-c2noc3c2CCCC32CCCCC2=O)n1)[C@@H]1CCCN1C. The molecule has 0 amide bonds. The molecule has 1 spiro atoms. The molecule has 31 heavy (non-hydrogen) atoms. The Hall–Kier alpha value is -1.99. The maximum Gasteiger partial charge on any atom is 0.218 e. The molecule has 166 valence electrons. The zero-order chi connectivity index (χ0) is 21.6. The Morgan fingerprint density at radius 2 is 2.06 bits per heavy atom. The van der Waals surface area contributed by atoms with Crippen molar-refractivity contribution in [3.63, 3.8) is 0 Å². The number of halogens is 1. The number of aromatic nitrogens is 3. The van der Waals surface area contributed by atoms with Gasteiger partial charge in [-0.05, 0) is 65.5 Å². The number of Topliss-reactive ketones (excluding diaryl/α,β-unsaturated/α-hetero) is 1. The quantitative estimate of drug-likeness (QED) is 0.648. The number of carbonyl (C=O) groups excluding carboxylic acids is 1. The molecule has 3 atom stereocenters. The summed E-state index contributed by atoms with van der Waals surface area (Å²) in [6.07, 6.45) is 8.31. The Morgan fingerprint density at radius 3 is 2.84 bits per heavy atom. The third-order valence-electron chi connectivity index (χ3n) is 7.35. The van der Waals surface area contributed by atoms with E-state index in [2.05, 4.69) is 34.0 Å². The first-order chi connectivity index (χ1) is 15.0. The fourth-order valence-electron chi connectivity index (χ4n) is 5.73. The Morgan fingerprint density at radius 1 is 1.23 bits per heavy atom. The molecule has 1 saturated heterocycles. The van der Waals surface area contributed by atoms with Crippen LogP contribution in [0.25, 0.3) is 11.5 Å². The van der Waals surface area contributed by atoms with Gasteiger partial charge in [0, 0.05) is 24.1 Å². The van der Waals surface area contributed by atoms with Crippen LogP contribution in [-0.4, -0.2) is 51.5 Å². The fraction of sp³-hybridized carbons (Fsp3) is 0.652. The van der Waals surface area contributed by atoms with Crippen LogP contribution < -0.4 is 4.74 Å². The van der Waals surface area contributed by atoms with E-state index in [0.29, 0.717) is 35.0 Å². The van der Waals surface area contributed by atoms with E-state index < -0.39 is 5.41 Å². The van der Waals surface area contributed by atoms with E-state index in [4.69, 9.17) is 20.9 Å². The fourth-order valence-corrected chi connectivity index (χ4v) is 5.90. The lowest BCUT2D eigenvalue weighted by molar-refractivity contribution is -0.128. The minimum Gasteiger partial charge on any atom is -0.473 e. The van der Waals surface area contributed by atoms with Crippen LogP contribution in [0.1, 0.15) is 69.6 Å². The van der Waals surface area contributed by atoms with Gasteiger partial charge in [0.2, 0.25) is 5.88 Å². The number of likely N-dealkylation sites (N-methyl/N-ethyl adjacent to an activating group) is 1. The highest BCUT2D eigenvalue weighted by molar-refractivity contribution is 6.29. The van der Waals surface area contributed by atoms with Crippen molar-refractivity contribution in [1.82, 2.24) is 20.0 Å². The summed E-state index contributed by atoms with van der Waals surface area (Å²) in [6.45, 7) is 3.15. The Bertz CT molecular complexity index is 993. The van der Waals surface area contributed by atoms with Crippen LogP contribution in [0.4, 0.5) is 0 Å². The number of carbonyl (C=O) groups is 1. The minimum atomic E-state index is -0.517. The first-order valence-electron chi connectivity index (χ1n) is 11.4. The third kappa shape index (κ3) is 3.65. The number of fused-ring (bicyclic) bond motifs is 2. The summed E-state index contributed by atoms with van der Waals surface area (Å²) in [7, 11) is 2.12. The molecule has 2 aromatic rings. The van der Waals surface area contributed by atoms with Gasteiger partial charge < -0.3 is 9.26 Å². The Labute approximate surface area is 187 Å². The molecule has 2 aliphatic carbocycles. The number of nitrogens with zero attached hydrogens (tertiary/aromatic N) is 4. The minimum absolute atomic E-state index is 0.0133. The first kappa shape index (κ1) is 20.9. The molecule has 5 rings (SSSR count). The van der Waals surface area contributed by atoms with Crippen LogP contribution in [0.5, 0.6) is 5.88 Å². The van der Waals surface area contributed by atoms with Gasteiger partial charge in [-0.1, -0.05) is 23.2 Å². The number of rotatable bonds is 4. The molecular weight excluding hydrogens is 416 g/mol. The molecule has 2 aromatic heterocycles. The van der Waals surface area contributed by atoms with Gasteiger partial charge in [-0.25, -0.2) is 4.98 Å². The topological polar surface area (TPSA) is 81.3 Å². The smallest absolute Gasteiger partial charge is 0.218 e. The van der Waals surface area contributed by atoms with Gasteiger partial charge in [0.25, 0.3) is 0 Å². The van der Waals surface area contributed by atoms with E-state index in [1.807, 2.05) is 0 Å². The van der Waals surface area contributed by atoms with Crippen molar-refractivity contribution in [2.75, 3.05) is 13.6 Å². The molecule has 0 aromatic carbocycles. The molecule has 0 bridgehead atoms. The average molecular weight is 445 g/mol. The largest absolute Gasteiger partial charge is 0.473 e. The van der Waals surface area contributed by atoms with E-state index >= 15 is 0 Å². The predicted molar refractivity (Wildman–Crippen MR) is 116 cm³/mol. The zero-order valence-corrected chi connectivity index (χ0v) is 19.0. The number of hydrogen-bond donors (Lipinski definition) is 0. The Balaban J connectivity index is 1.46. The predicted octanol–water partition coefficient (Wildman–Crippen LogP) is 4.36. The van der Waals surface area contributed by atoms with Crippen molar-refractivity contribution in [3.8, 4) is 17.4 Å². The van der Waals surface area contributed by atoms with Crippen LogP contribution in [0, 0.1) is 0 Å². The summed E-state index contributed by atoms with van der Waals surface area (Å²) >= 11 is 6.33. The molecule has 2 fully saturated rings. The second-order valence-corrected chi connectivity index (χ2v) is 9.66. The monoisotopic (exact) mass is 444 g/mol. The lowest BCUT2D eigenvalue weighted by atomic mass is 9.64. The van der Waals surface area contributed by atoms with E-state index in [0.717, 1.165) is 62.8 Å². The van der Waals surface area contributed by atoms with Crippen LogP contribution in [0.2, 0.25) is 5.15 Å². The maximum absolute atomic E-state index is 12.9. The molecule has 0 N–H and O–H groups in total. The van der Waals surface area contributed by atoms with Gasteiger partial charge in [-0.2, -0.15) is 4.98 Å². The summed E-state index contributed by atoms with van der Waals surface area (Å²) < 4.78 is 12.0. The molecule has 1 aliphatic heterocycles. The van der Waals surface area contributed by atoms with Gasteiger partial charge >= 0.3 is 0 Å². The normalized spacial score (nSPS) is 27.5. The third-order valence-corrected chi connectivity index (χ3v) is 7.55. The Kier molecular flexibility index (Phi) is 5.51. The number of ketones is 1. The van der Waals surface area contributed by atoms with Gasteiger partial charge in [0.15, 0.2) is 17.3 Å². The van der Waals surface area contributed by atoms with E-state index in [1.165, 1.54) is 6.42 Å². The highest BCUT2D eigenvalue weighted by Gasteiger charge is 2.48. The van der Waals surface area contributed by atoms with Crippen LogP contribution in [0.15, 0.2) is 10.6 Å². The number of likely N-dealkylation sites (tertiary alicyclic amines) is 1. The molecule has 1 unspecified atom stereocenters. The van der Waals surface area contributed by atoms with Gasteiger partial charge in [-0.3, -0.25) is 9.69 Å². The van der Waals surface area contributed by atoms with Crippen molar-refractivity contribution in [2.24, 2.45) is 0 Å². The lowest BCUT2D eigenvalue weighted by Gasteiger charge is -2.36. The van der Waals surface area contributed by atoms with Crippen LogP contribution >= 0.6 is 11.6 Å². The lowest BCUT2D eigenvalue weighted by Crippen LogP contribution is -2.41. The van der Waals surface area contributed by atoms with Gasteiger partial charge in [0.1, 0.15) is 17.0 Å².